The summed E-state index contributed by atoms with van der Waals surface area (Å²) in [5.74, 6) is -1.17. The van der Waals surface area contributed by atoms with E-state index in [4.69, 9.17) is 14.2 Å². The molecule has 8 rings (SSSR count). The zero-order valence-corrected chi connectivity index (χ0v) is 36.2. The molecule has 2 N–H and O–H groups in total. The second kappa shape index (κ2) is 20.4. The Kier molecular flexibility index (Phi) is 13.9. The van der Waals surface area contributed by atoms with Crippen LogP contribution in [0.15, 0.2) is 182 Å². The smallest absolute Gasteiger partial charge is 0.407 e. The van der Waals surface area contributed by atoms with E-state index >= 15 is 4.79 Å². The van der Waals surface area contributed by atoms with Gasteiger partial charge in [0.2, 0.25) is 11.8 Å². The molecule has 9 nitrogen and oxygen atoms in total. The van der Waals surface area contributed by atoms with E-state index in [1.165, 1.54) is 0 Å². The Morgan fingerprint density at radius 2 is 1.11 bits per heavy atom. The number of hydrogen-bond donors (Lipinski definition) is 2. The van der Waals surface area contributed by atoms with Crippen molar-refractivity contribution in [1.29, 1.82) is 0 Å². The number of rotatable bonds is 18. The summed E-state index contributed by atoms with van der Waals surface area (Å²) in [5, 5.41) is 8.32. The number of hydrogen-bond acceptors (Lipinski definition) is 6. The molecule has 0 heterocycles. The molecule has 9 heteroatoms. The minimum atomic E-state index is -1.35. The lowest BCUT2D eigenvalue weighted by Crippen LogP contribution is -2.54. The molecular formula is C55H53N3O6. The lowest BCUT2D eigenvalue weighted by Gasteiger charge is -2.37. The first kappa shape index (κ1) is 43.6. The molecule has 7 aromatic carbocycles. The number of ether oxygens (including phenoxy) is 3. The van der Waals surface area contributed by atoms with Crippen molar-refractivity contribution in [2.45, 2.75) is 50.6 Å². The summed E-state index contributed by atoms with van der Waals surface area (Å²) in [5.41, 5.74) is 6.48. The molecular weight excluding hydrogens is 799 g/mol. The fraction of sp³-hybridized carbons (Fsp3) is 0.218. The van der Waals surface area contributed by atoms with Gasteiger partial charge in [-0.3, -0.25) is 9.59 Å². The number of nitrogens with zero attached hydrogens (tertiary/aromatic N) is 1. The van der Waals surface area contributed by atoms with Crippen molar-refractivity contribution in [1.82, 2.24) is 15.5 Å². The molecule has 0 spiro atoms. The maximum atomic E-state index is 15.3. The fourth-order valence-electron chi connectivity index (χ4n) is 8.92. The van der Waals surface area contributed by atoms with E-state index in [0.29, 0.717) is 13.2 Å². The Bertz CT molecular complexity index is 2530. The molecule has 0 radical (unpaired) electrons. The third kappa shape index (κ3) is 9.61. The van der Waals surface area contributed by atoms with E-state index in [9.17, 15) is 9.59 Å². The Morgan fingerprint density at radius 3 is 1.66 bits per heavy atom. The van der Waals surface area contributed by atoms with Crippen molar-refractivity contribution >= 4 is 28.7 Å². The summed E-state index contributed by atoms with van der Waals surface area (Å²) in [6.07, 6.45) is -1.98. The van der Waals surface area contributed by atoms with Gasteiger partial charge in [-0.1, -0.05) is 176 Å². The van der Waals surface area contributed by atoms with E-state index in [2.05, 4.69) is 22.8 Å². The molecule has 0 unspecified atom stereocenters. The van der Waals surface area contributed by atoms with E-state index in [1.54, 1.807) is 4.90 Å². The van der Waals surface area contributed by atoms with Crippen LogP contribution in [0, 0.1) is 0 Å². The van der Waals surface area contributed by atoms with Gasteiger partial charge in [-0.25, -0.2) is 4.79 Å². The third-order valence-corrected chi connectivity index (χ3v) is 11.8. The first-order valence-electron chi connectivity index (χ1n) is 22.0. The van der Waals surface area contributed by atoms with Crippen LogP contribution in [0.25, 0.3) is 21.9 Å². The molecule has 0 bridgehead atoms. The Morgan fingerprint density at radius 1 is 0.609 bits per heavy atom. The first-order chi connectivity index (χ1) is 31.4. The minimum Gasteiger partial charge on any atom is -0.449 e. The summed E-state index contributed by atoms with van der Waals surface area (Å²) in [6, 6.07) is 58.2. The van der Waals surface area contributed by atoms with Gasteiger partial charge < -0.3 is 29.7 Å². The quantitative estimate of drug-likeness (QED) is 0.0658. The maximum absolute atomic E-state index is 15.3. The highest BCUT2D eigenvalue weighted by Gasteiger charge is 2.40. The molecule has 64 heavy (non-hydrogen) atoms. The monoisotopic (exact) mass is 851 g/mol. The van der Waals surface area contributed by atoms with Crippen molar-refractivity contribution in [3.63, 3.8) is 0 Å². The van der Waals surface area contributed by atoms with Gasteiger partial charge >= 0.3 is 6.09 Å². The summed E-state index contributed by atoms with van der Waals surface area (Å²) in [6.45, 7) is 4.67. The van der Waals surface area contributed by atoms with Crippen molar-refractivity contribution in [3.05, 3.63) is 215 Å². The normalized spacial score (nSPS) is 12.6. The Balaban J connectivity index is 1.14. The molecule has 0 saturated carbocycles. The fourth-order valence-corrected chi connectivity index (χ4v) is 8.92. The van der Waals surface area contributed by atoms with E-state index in [0.717, 1.165) is 55.3 Å². The van der Waals surface area contributed by atoms with Crippen molar-refractivity contribution in [3.8, 4) is 11.1 Å². The predicted molar refractivity (Wildman–Crippen MR) is 250 cm³/mol. The van der Waals surface area contributed by atoms with Crippen molar-refractivity contribution in [2.24, 2.45) is 0 Å². The standard InChI is InChI=1S/C55H53N3O6/c1-3-62-52(63-4-2)37-58(36-39-32-33-40-20-14-15-21-41(40)34-39)53(60)50(56-54(61)64-38-49-47-30-18-16-28-45(47)46-29-17-19-31-48(46)49)35-51(59)57-55(42-22-8-5-9-23-42,43-24-10-6-11-25-43)44-26-12-7-13-27-44/h5-34,49-50,52H,3-4,35-38H2,1-2H3,(H,56,61)(H,57,59)/t50-/m0/s1. The third-order valence-electron chi connectivity index (χ3n) is 11.8. The number of carbonyl (C=O) groups is 3. The molecule has 0 fully saturated rings. The molecule has 0 saturated heterocycles. The van der Waals surface area contributed by atoms with Gasteiger partial charge in [-0.2, -0.15) is 0 Å². The molecule has 1 aliphatic rings. The first-order valence-corrected chi connectivity index (χ1v) is 22.0. The number of amides is 3. The van der Waals surface area contributed by atoms with Crippen LogP contribution in [0.1, 0.15) is 59.6 Å². The van der Waals surface area contributed by atoms with Crippen LogP contribution in [0.2, 0.25) is 0 Å². The number of alkyl carbamates (subject to hydrolysis) is 1. The lowest BCUT2D eigenvalue weighted by molar-refractivity contribution is -0.161. The van der Waals surface area contributed by atoms with Crippen molar-refractivity contribution in [2.75, 3.05) is 26.4 Å². The SMILES string of the molecule is CCOC(CN(Cc1ccc2ccccc2c1)C(=O)[C@H](CC(=O)NC(c1ccccc1)(c1ccccc1)c1ccccc1)NC(=O)OCC1c2ccccc2-c2ccccc21)OCC. The minimum absolute atomic E-state index is 0.0314. The molecule has 1 atom stereocenters. The van der Waals surface area contributed by atoms with Gasteiger partial charge in [-0.15, -0.1) is 0 Å². The summed E-state index contributed by atoms with van der Waals surface area (Å²) >= 11 is 0. The van der Waals surface area contributed by atoms with Crippen molar-refractivity contribution < 1.29 is 28.6 Å². The molecule has 0 aliphatic heterocycles. The van der Waals surface area contributed by atoms with Crippen LogP contribution >= 0.6 is 0 Å². The second-order valence-corrected chi connectivity index (χ2v) is 15.9. The molecule has 0 aromatic heterocycles. The largest absolute Gasteiger partial charge is 0.449 e. The van der Waals surface area contributed by atoms with Crippen LogP contribution in [0.5, 0.6) is 0 Å². The summed E-state index contributed by atoms with van der Waals surface area (Å²) in [7, 11) is 0. The Labute approximate surface area is 375 Å². The molecule has 7 aromatic rings. The molecule has 1 aliphatic carbocycles. The van der Waals surface area contributed by atoms with E-state index in [1.807, 2.05) is 184 Å². The van der Waals surface area contributed by atoms with Crippen LogP contribution in [0.3, 0.4) is 0 Å². The highest BCUT2D eigenvalue weighted by molar-refractivity contribution is 5.92. The topological polar surface area (TPSA) is 106 Å². The zero-order chi connectivity index (χ0) is 44.3. The number of benzene rings is 7. The van der Waals surface area contributed by atoms with Crippen LogP contribution in [-0.4, -0.2) is 61.5 Å². The van der Waals surface area contributed by atoms with Gasteiger partial charge in [0.15, 0.2) is 6.29 Å². The highest BCUT2D eigenvalue weighted by Crippen LogP contribution is 2.44. The van der Waals surface area contributed by atoms with Gasteiger partial charge in [-0.05, 0) is 75.2 Å². The Hall–Kier alpha value is -7.07. The van der Waals surface area contributed by atoms with Gasteiger partial charge in [0.05, 0.1) is 13.0 Å². The van der Waals surface area contributed by atoms with E-state index < -0.39 is 42.2 Å². The van der Waals surface area contributed by atoms with Gasteiger partial charge in [0.1, 0.15) is 18.2 Å². The zero-order valence-electron chi connectivity index (χ0n) is 36.2. The second-order valence-electron chi connectivity index (χ2n) is 15.9. The predicted octanol–water partition coefficient (Wildman–Crippen LogP) is 9.97. The molecule has 3 amide bonds. The highest BCUT2D eigenvalue weighted by atomic mass is 16.7. The average molecular weight is 852 g/mol. The van der Waals surface area contributed by atoms with Crippen LogP contribution in [0.4, 0.5) is 4.79 Å². The van der Waals surface area contributed by atoms with Gasteiger partial charge in [0.25, 0.3) is 0 Å². The number of nitrogens with one attached hydrogen (secondary N) is 2. The lowest BCUT2D eigenvalue weighted by atomic mass is 9.77. The number of fused-ring (bicyclic) bond motifs is 4. The summed E-state index contributed by atoms with van der Waals surface area (Å²) in [4.78, 5) is 45.9. The maximum Gasteiger partial charge on any atom is 0.407 e. The average Bonchev–Trinajstić information content (AvgIpc) is 3.66. The number of carbonyl (C=O) groups excluding carboxylic acids is 3. The summed E-state index contributed by atoms with van der Waals surface area (Å²) < 4.78 is 18.0. The van der Waals surface area contributed by atoms with Crippen LogP contribution in [-0.2, 0) is 35.9 Å². The molecule has 324 valence electrons. The van der Waals surface area contributed by atoms with E-state index in [-0.39, 0.29) is 25.6 Å². The van der Waals surface area contributed by atoms with Crippen LogP contribution < -0.4 is 10.6 Å². The van der Waals surface area contributed by atoms with Gasteiger partial charge in [0, 0.05) is 25.7 Å².